The van der Waals surface area contributed by atoms with Crippen molar-refractivity contribution < 1.29 is 5.11 Å². The number of rotatable bonds is 4. The SMILES string of the molecule is Cc1nc2ccccn2c1CNCC1(O)CCCC(C)C1. The van der Waals surface area contributed by atoms with Crippen LogP contribution in [0.25, 0.3) is 5.65 Å². The summed E-state index contributed by atoms with van der Waals surface area (Å²) < 4.78 is 2.12. The van der Waals surface area contributed by atoms with Crippen molar-refractivity contribution in [3.63, 3.8) is 0 Å². The van der Waals surface area contributed by atoms with Crippen LogP contribution in [-0.2, 0) is 6.54 Å². The van der Waals surface area contributed by atoms with Crippen LogP contribution in [0.4, 0.5) is 0 Å². The van der Waals surface area contributed by atoms with E-state index in [0.717, 1.165) is 37.1 Å². The van der Waals surface area contributed by atoms with Crippen LogP contribution < -0.4 is 5.32 Å². The molecular formula is C17H25N3O. The molecule has 1 aliphatic carbocycles. The number of aryl methyl sites for hydroxylation is 1. The van der Waals surface area contributed by atoms with Gasteiger partial charge in [0.15, 0.2) is 0 Å². The Morgan fingerprint density at radius 3 is 3.14 bits per heavy atom. The van der Waals surface area contributed by atoms with Gasteiger partial charge in [0.25, 0.3) is 0 Å². The van der Waals surface area contributed by atoms with Crippen LogP contribution in [0.3, 0.4) is 0 Å². The lowest BCUT2D eigenvalue weighted by molar-refractivity contribution is -0.0120. The molecule has 2 unspecified atom stereocenters. The van der Waals surface area contributed by atoms with Crippen molar-refractivity contribution in [1.82, 2.24) is 14.7 Å². The van der Waals surface area contributed by atoms with Gasteiger partial charge in [-0.05, 0) is 37.8 Å². The maximum Gasteiger partial charge on any atom is 0.137 e. The number of pyridine rings is 1. The first-order valence-corrected chi connectivity index (χ1v) is 7.93. The van der Waals surface area contributed by atoms with Gasteiger partial charge in [-0.25, -0.2) is 4.98 Å². The van der Waals surface area contributed by atoms with E-state index in [9.17, 15) is 5.11 Å². The van der Waals surface area contributed by atoms with E-state index in [1.807, 2.05) is 31.3 Å². The molecule has 0 aliphatic heterocycles. The first-order valence-electron chi connectivity index (χ1n) is 7.93. The second-order valence-corrected chi connectivity index (χ2v) is 6.60. The third-order valence-electron chi connectivity index (χ3n) is 4.64. The molecule has 0 saturated heterocycles. The zero-order valence-corrected chi connectivity index (χ0v) is 13.0. The number of aromatic nitrogens is 2. The summed E-state index contributed by atoms with van der Waals surface area (Å²) in [4.78, 5) is 4.57. The van der Waals surface area contributed by atoms with Gasteiger partial charge < -0.3 is 14.8 Å². The molecule has 0 bridgehead atoms. The molecule has 1 saturated carbocycles. The van der Waals surface area contributed by atoms with Crippen molar-refractivity contribution in [2.75, 3.05) is 6.54 Å². The number of fused-ring (bicyclic) bond motifs is 1. The molecule has 1 fully saturated rings. The second kappa shape index (κ2) is 5.78. The molecule has 4 heteroatoms. The number of hydrogen-bond donors (Lipinski definition) is 2. The number of nitrogens with one attached hydrogen (secondary N) is 1. The van der Waals surface area contributed by atoms with E-state index >= 15 is 0 Å². The maximum atomic E-state index is 10.7. The average Bonchev–Trinajstić information content (AvgIpc) is 2.75. The molecule has 4 nitrogen and oxygen atoms in total. The average molecular weight is 287 g/mol. The van der Waals surface area contributed by atoms with Crippen LogP contribution in [0.2, 0.25) is 0 Å². The molecule has 1 aliphatic rings. The summed E-state index contributed by atoms with van der Waals surface area (Å²) >= 11 is 0. The van der Waals surface area contributed by atoms with Crippen LogP contribution in [0.1, 0.15) is 44.0 Å². The molecule has 21 heavy (non-hydrogen) atoms. The first-order chi connectivity index (χ1) is 10.1. The zero-order chi connectivity index (χ0) is 14.9. The fraction of sp³-hybridized carbons (Fsp3) is 0.588. The van der Waals surface area contributed by atoms with Crippen LogP contribution in [0.5, 0.6) is 0 Å². The van der Waals surface area contributed by atoms with E-state index in [2.05, 4.69) is 21.6 Å². The Labute approximate surface area is 126 Å². The maximum absolute atomic E-state index is 10.7. The monoisotopic (exact) mass is 287 g/mol. The Morgan fingerprint density at radius 2 is 2.33 bits per heavy atom. The summed E-state index contributed by atoms with van der Waals surface area (Å²) in [6, 6.07) is 6.05. The van der Waals surface area contributed by atoms with Gasteiger partial charge in [0.05, 0.1) is 17.0 Å². The summed E-state index contributed by atoms with van der Waals surface area (Å²) in [7, 11) is 0. The van der Waals surface area contributed by atoms with E-state index in [1.165, 1.54) is 12.1 Å². The van der Waals surface area contributed by atoms with E-state index in [4.69, 9.17) is 0 Å². The molecule has 2 aromatic rings. The van der Waals surface area contributed by atoms with E-state index in [0.29, 0.717) is 12.5 Å². The summed E-state index contributed by atoms with van der Waals surface area (Å²) in [6.07, 6.45) is 6.25. The van der Waals surface area contributed by atoms with Gasteiger partial charge in [-0.1, -0.05) is 25.8 Å². The highest BCUT2D eigenvalue weighted by Crippen LogP contribution is 2.31. The normalized spacial score (nSPS) is 26.3. The van der Waals surface area contributed by atoms with Crippen LogP contribution in [0.15, 0.2) is 24.4 Å². The van der Waals surface area contributed by atoms with Gasteiger partial charge >= 0.3 is 0 Å². The molecule has 0 amide bonds. The molecule has 0 radical (unpaired) electrons. The third kappa shape index (κ3) is 3.11. The highest BCUT2D eigenvalue weighted by atomic mass is 16.3. The minimum absolute atomic E-state index is 0.536. The lowest BCUT2D eigenvalue weighted by atomic mass is 9.79. The van der Waals surface area contributed by atoms with E-state index in [-0.39, 0.29) is 0 Å². The lowest BCUT2D eigenvalue weighted by Gasteiger charge is -2.35. The van der Waals surface area contributed by atoms with Crippen molar-refractivity contribution in [1.29, 1.82) is 0 Å². The molecule has 2 N–H and O–H groups in total. The lowest BCUT2D eigenvalue weighted by Crippen LogP contribution is -2.44. The third-order valence-corrected chi connectivity index (χ3v) is 4.64. The minimum Gasteiger partial charge on any atom is -0.389 e. The molecule has 3 rings (SSSR count). The van der Waals surface area contributed by atoms with E-state index in [1.54, 1.807) is 0 Å². The van der Waals surface area contributed by atoms with Crippen LogP contribution >= 0.6 is 0 Å². The highest BCUT2D eigenvalue weighted by molar-refractivity contribution is 5.42. The molecule has 2 heterocycles. The standard InChI is InChI=1S/C17H25N3O/c1-13-6-5-8-17(21,10-13)12-18-11-15-14(2)19-16-7-3-4-9-20(15)16/h3-4,7,9,13,18,21H,5-6,8,10-12H2,1-2H3. The highest BCUT2D eigenvalue weighted by Gasteiger charge is 2.32. The van der Waals surface area contributed by atoms with Gasteiger partial charge in [-0.15, -0.1) is 0 Å². The summed E-state index contributed by atoms with van der Waals surface area (Å²) in [6.45, 7) is 5.69. The molecule has 0 spiro atoms. The molecular weight excluding hydrogens is 262 g/mol. The quantitative estimate of drug-likeness (QED) is 0.909. The molecule has 114 valence electrons. The largest absolute Gasteiger partial charge is 0.389 e. The smallest absolute Gasteiger partial charge is 0.137 e. The number of aliphatic hydroxyl groups is 1. The summed E-state index contributed by atoms with van der Waals surface area (Å²) in [5.41, 5.74) is 2.68. The fourth-order valence-corrected chi connectivity index (χ4v) is 3.58. The van der Waals surface area contributed by atoms with Gasteiger partial charge in [0, 0.05) is 19.3 Å². The van der Waals surface area contributed by atoms with Crippen LogP contribution in [0, 0.1) is 12.8 Å². The minimum atomic E-state index is -0.536. The Kier molecular flexibility index (Phi) is 4.00. The van der Waals surface area contributed by atoms with Crippen LogP contribution in [-0.4, -0.2) is 26.6 Å². The van der Waals surface area contributed by atoms with Crippen molar-refractivity contribution in [2.45, 2.75) is 51.7 Å². The van der Waals surface area contributed by atoms with E-state index < -0.39 is 5.60 Å². The molecule has 2 aromatic heterocycles. The number of nitrogens with zero attached hydrogens (tertiary/aromatic N) is 2. The first kappa shape index (κ1) is 14.5. The predicted octanol–water partition coefficient (Wildman–Crippen LogP) is 2.67. The molecule has 2 atom stereocenters. The van der Waals surface area contributed by atoms with Crippen molar-refractivity contribution in [3.05, 3.63) is 35.8 Å². The fourth-order valence-electron chi connectivity index (χ4n) is 3.58. The summed E-state index contributed by atoms with van der Waals surface area (Å²) in [5.74, 6) is 0.628. The second-order valence-electron chi connectivity index (χ2n) is 6.60. The topological polar surface area (TPSA) is 49.6 Å². The Morgan fingerprint density at radius 1 is 1.48 bits per heavy atom. The van der Waals surface area contributed by atoms with Gasteiger partial charge in [0.2, 0.25) is 0 Å². The van der Waals surface area contributed by atoms with Gasteiger partial charge in [0.1, 0.15) is 5.65 Å². The summed E-state index contributed by atoms with van der Waals surface area (Å²) in [5, 5.41) is 14.1. The number of imidazole rings is 1. The Balaban J connectivity index is 1.65. The van der Waals surface area contributed by atoms with Gasteiger partial charge in [-0.2, -0.15) is 0 Å². The van der Waals surface area contributed by atoms with Gasteiger partial charge in [-0.3, -0.25) is 0 Å². The number of hydrogen-bond acceptors (Lipinski definition) is 3. The molecule has 0 aromatic carbocycles. The Bertz CT molecular complexity index is 622. The van der Waals surface area contributed by atoms with Crippen molar-refractivity contribution in [3.8, 4) is 0 Å². The van der Waals surface area contributed by atoms with Crippen molar-refractivity contribution in [2.24, 2.45) is 5.92 Å². The predicted molar refractivity (Wildman–Crippen MR) is 84.2 cm³/mol. The zero-order valence-electron chi connectivity index (χ0n) is 13.0. The van der Waals surface area contributed by atoms with Crippen molar-refractivity contribution >= 4 is 5.65 Å². The Hall–Kier alpha value is -1.39.